The fraction of sp³-hybridized carbons (Fsp3) is 0.364. The van der Waals surface area contributed by atoms with Crippen LogP contribution in [0.5, 0.6) is 5.75 Å². The molecule has 15 heavy (non-hydrogen) atoms. The molecule has 0 saturated heterocycles. The number of carbonyl (C=O) groups excluding carboxylic acids is 1. The van der Waals surface area contributed by atoms with Crippen LogP contribution in [0.25, 0.3) is 0 Å². The van der Waals surface area contributed by atoms with E-state index in [2.05, 4.69) is 15.9 Å². The highest BCUT2D eigenvalue weighted by Gasteiger charge is 2.14. The average Bonchev–Trinajstić information content (AvgIpc) is 2.09. The Morgan fingerprint density at radius 3 is 2.67 bits per heavy atom. The summed E-state index contributed by atoms with van der Waals surface area (Å²) in [5.74, 6) is 0.331. The van der Waals surface area contributed by atoms with Crippen LogP contribution in [0.1, 0.15) is 30.6 Å². The van der Waals surface area contributed by atoms with Crippen molar-refractivity contribution in [2.45, 2.75) is 20.3 Å². The predicted molar refractivity (Wildman–Crippen MR) is 64.6 cm³/mol. The number of aromatic hydroxyl groups is 1. The Labute approximate surface area is 102 Å². The maximum absolute atomic E-state index is 11.8. The van der Waals surface area contributed by atoms with Gasteiger partial charge in [-0.1, -0.05) is 25.4 Å². The molecule has 4 heteroatoms. The summed E-state index contributed by atoms with van der Waals surface area (Å²) in [5, 5.41) is 9.64. The number of hydrogen-bond donors (Lipinski definition) is 1. The highest BCUT2D eigenvalue weighted by Crippen LogP contribution is 2.31. The Kier molecular flexibility index (Phi) is 4.17. The summed E-state index contributed by atoms with van der Waals surface area (Å²) in [7, 11) is 0. The SMILES string of the molecule is CC(C)CC(=O)c1cc(Br)c(O)cc1Cl. The predicted octanol–water partition coefficient (Wildman–Crippen LogP) is 4.04. The van der Waals surface area contributed by atoms with Gasteiger partial charge in [-0.3, -0.25) is 4.79 Å². The molecule has 0 fully saturated rings. The average molecular weight is 292 g/mol. The van der Waals surface area contributed by atoms with Crippen LogP contribution in [0.3, 0.4) is 0 Å². The first-order chi connectivity index (χ1) is 6.91. The van der Waals surface area contributed by atoms with Gasteiger partial charge in [-0.2, -0.15) is 0 Å². The van der Waals surface area contributed by atoms with Gasteiger partial charge in [0.1, 0.15) is 5.75 Å². The molecule has 0 spiro atoms. The molecule has 0 aromatic heterocycles. The fourth-order valence-electron chi connectivity index (χ4n) is 1.23. The lowest BCUT2D eigenvalue weighted by Crippen LogP contribution is -2.04. The third kappa shape index (κ3) is 3.21. The van der Waals surface area contributed by atoms with Gasteiger partial charge in [0.2, 0.25) is 0 Å². The third-order valence-corrected chi connectivity index (χ3v) is 2.88. The molecule has 0 heterocycles. The van der Waals surface area contributed by atoms with E-state index in [-0.39, 0.29) is 11.5 Å². The van der Waals surface area contributed by atoms with Gasteiger partial charge in [0.15, 0.2) is 5.78 Å². The lowest BCUT2D eigenvalue weighted by atomic mass is 10.0. The van der Waals surface area contributed by atoms with Crippen LogP contribution in [0.4, 0.5) is 0 Å². The van der Waals surface area contributed by atoms with Crippen molar-refractivity contribution in [2.75, 3.05) is 0 Å². The number of benzene rings is 1. The van der Waals surface area contributed by atoms with E-state index < -0.39 is 0 Å². The van der Waals surface area contributed by atoms with Crippen molar-refractivity contribution < 1.29 is 9.90 Å². The third-order valence-electron chi connectivity index (χ3n) is 1.93. The Hall–Kier alpha value is -0.540. The Morgan fingerprint density at radius 2 is 2.13 bits per heavy atom. The molecule has 82 valence electrons. The number of phenols is 1. The summed E-state index contributed by atoms with van der Waals surface area (Å²) in [6.45, 7) is 3.95. The fourth-order valence-corrected chi connectivity index (χ4v) is 1.84. The standard InChI is InChI=1S/C11H12BrClO2/c1-6(2)3-10(14)7-4-8(12)11(15)5-9(7)13/h4-6,15H,3H2,1-2H3. The van der Waals surface area contributed by atoms with Gasteiger partial charge in [-0.05, 0) is 27.9 Å². The van der Waals surface area contributed by atoms with Gasteiger partial charge < -0.3 is 5.11 Å². The van der Waals surface area contributed by atoms with Crippen LogP contribution >= 0.6 is 27.5 Å². The highest BCUT2D eigenvalue weighted by molar-refractivity contribution is 9.10. The van der Waals surface area contributed by atoms with Gasteiger partial charge in [-0.25, -0.2) is 0 Å². The molecule has 0 saturated carbocycles. The number of Topliss-reactive ketones (excluding diaryl/α,β-unsaturated/α-hetero) is 1. The molecule has 0 bridgehead atoms. The van der Waals surface area contributed by atoms with E-state index in [9.17, 15) is 9.90 Å². The van der Waals surface area contributed by atoms with Crippen molar-refractivity contribution in [1.82, 2.24) is 0 Å². The lowest BCUT2D eigenvalue weighted by molar-refractivity contribution is 0.0968. The van der Waals surface area contributed by atoms with E-state index in [1.54, 1.807) is 6.07 Å². The van der Waals surface area contributed by atoms with Crippen LogP contribution in [-0.2, 0) is 0 Å². The number of ketones is 1. The Bertz CT molecular complexity index is 388. The smallest absolute Gasteiger partial charge is 0.164 e. The first kappa shape index (κ1) is 12.5. The molecule has 0 radical (unpaired) electrons. The second-order valence-corrected chi connectivity index (χ2v) is 5.07. The van der Waals surface area contributed by atoms with Gasteiger partial charge in [-0.15, -0.1) is 0 Å². The molecule has 2 nitrogen and oxygen atoms in total. The molecular weight excluding hydrogens is 279 g/mol. The van der Waals surface area contributed by atoms with Crippen molar-refractivity contribution in [3.05, 3.63) is 27.2 Å². The molecule has 0 amide bonds. The zero-order chi connectivity index (χ0) is 11.6. The van der Waals surface area contributed by atoms with Crippen LogP contribution in [0, 0.1) is 5.92 Å². The second-order valence-electron chi connectivity index (χ2n) is 3.80. The number of rotatable bonds is 3. The summed E-state index contributed by atoms with van der Waals surface area (Å²) in [6, 6.07) is 2.93. The van der Waals surface area contributed by atoms with Crippen molar-refractivity contribution in [2.24, 2.45) is 5.92 Å². The quantitative estimate of drug-likeness (QED) is 0.854. The summed E-state index contributed by atoms with van der Waals surface area (Å²) < 4.78 is 0.485. The van der Waals surface area contributed by atoms with Gasteiger partial charge in [0, 0.05) is 18.1 Å². The van der Waals surface area contributed by atoms with E-state index in [0.717, 1.165) is 0 Å². The monoisotopic (exact) mass is 290 g/mol. The van der Waals surface area contributed by atoms with Crippen molar-refractivity contribution >= 4 is 33.3 Å². The van der Waals surface area contributed by atoms with Crippen LogP contribution in [-0.4, -0.2) is 10.9 Å². The maximum atomic E-state index is 11.8. The van der Waals surface area contributed by atoms with E-state index in [4.69, 9.17) is 11.6 Å². The summed E-state index contributed by atoms with van der Waals surface area (Å²) >= 11 is 9.03. The molecule has 0 aliphatic rings. The molecule has 0 aliphatic carbocycles. The second kappa shape index (κ2) is 4.99. The van der Waals surface area contributed by atoms with E-state index in [1.807, 2.05) is 13.8 Å². The molecule has 0 aliphatic heterocycles. The number of hydrogen-bond acceptors (Lipinski definition) is 2. The molecule has 1 aromatic carbocycles. The normalized spacial score (nSPS) is 10.7. The van der Waals surface area contributed by atoms with E-state index >= 15 is 0 Å². The largest absolute Gasteiger partial charge is 0.507 e. The van der Waals surface area contributed by atoms with Crippen LogP contribution in [0.2, 0.25) is 5.02 Å². The highest BCUT2D eigenvalue weighted by atomic mass is 79.9. The van der Waals surface area contributed by atoms with Gasteiger partial charge in [0.25, 0.3) is 0 Å². The van der Waals surface area contributed by atoms with Crippen molar-refractivity contribution in [1.29, 1.82) is 0 Å². The Balaban J connectivity index is 3.04. The Morgan fingerprint density at radius 1 is 1.53 bits per heavy atom. The first-order valence-electron chi connectivity index (χ1n) is 4.63. The summed E-state index contributed by atoms with van der Waals surface area (Å²) in [6.07, 6.45) is 0.455. The zero-order valence-electron chi connectivity index (χ0n) is 8.55. The maximum Gasteiger partial charge on any atom is 0.164 e. The first-order valence-corrected chi connectivity index (χ1v) is 5.80. The van der Waals surface area contributed by atoms with E-state index in [1.165, 1.54) is 6.07 Å². The minimum Gasteiger partial charge on any atom is -0.507 e. The molecular formula is C11H12BrClO2. The summed E-state index contributed by atoms with van der Waals surface area (Å²) in [5.41, 5.74) is 0.454. The van der Waals surface area contributed by atoms with Gasteiger partial charge >= 0.3 is 0 Å². The number of halogens is 2. The minimum absolute atomic E-state index is 0.00398. The summed E-state index contributed by atoms with van der Waals surface area (Å²) in [4.78, 5) is 11.8. The van der Waals surface area contributed by atoms with Gasteiger partial charge in [0.05, 0.1) is 9.50 Å². The number of phenolic OH excluding ortho intramolecular Hbond substituents is 1. The van der Waals surface area contributed by atoms with Crippen LogP contribution in [0.15, 0.2) is 16.6 Å². The molecule has 1 N–H and O–H groups in total. The number of carbonyl (C=O) groups is 1. The lowest BCUT2D eigenvalue weighted by Gasteiger charge is -2.07. The molecule has 1 aromatic rings. The topological polar surface area (TPSA) is 37.3 Å². The van der Waals surface area contributed by atoms with Crippen LogP contribution < -0.4 is 0 Å². The zero-order valence-corrected chi connectivity index (χ0v) is 10.9. The van der Waals surface area contributed by atoms with Crippen molar-refractivity contribution in [3.8, 4) is 5.75 Å². The molecule has 0 atom stereocenters. The van der Waals surface area contributed by atoms with E-state index in [0.29, 0.717) is 27.4 Å². The molecule has 0 unspecified atom stereocenters. The minimum atomic E-state index is -0.00398. The molecule has 1 rings (SSSR count). The van der Waals surface area contributed by atoms with Crippen molar-refractivity contribution in [3.63, 3.8) is 0 Å².